The summed E-state index contributed by atoms with van der Waals surface area (Å²) in [5.74, 6) is 1.42. The molecule has 2 heterocycles. The Balaban J connectivity index is 1.83. The largest absolute Gasteiger partial charge is 0.357 e. The van der Waals surface area contributed by atoms with Crippen molar-refractivity contribution in [2.75, 3.05) is 33.2 Å². The van der Waals surface area contributed by atoms with Gasteiger partial charge in [-0.3, -0.25) is 4.99 Å². The summed E-state index contributed by atoms with van der Waals surface area (Å²) in [4.78, 5) is 7.17. The van der Waals surface area contributed by atoms with E-state index in [2.05, 4.69) is 53.3 Å². The van der Waals surface area contributed by atoms with Gasteiger partial charge in [0.05, 0.1) is 0 Å². The van der Waals surface area contributed by atoms with Gasteiger partial charge in [0.2, 0.25) is 0 Å². The molecule has 1 aromatic heterocycles. The van der Waals surface area contributed by atoms with Crippen LogP contribution in [-0.2, 0) is 0 Å². The molecule has 0 aliphatic carbocycles. The molecule has 2 atom stereocenters. The van der Waals surface area contributed by atoms with Crippen molar-refractivity contribution in [1.82, 2.24) is 15.5 Å². The third kappa shape index (κ3) is 5.00. The van der Waals surface area contributed by atoms with E-state index in [0.717, 1.165) is 25.6 Å². The summed E-state index contributed by atoms with van der Waals surface area (Å²) in [6, 6.07) is 2.83. The third-order valence-electron chi connectivity index (χ3n) is 4.16. The molecule has 2 rings (SSSR count). The van der Waals surface area contributed by atoms with Crippen LogP contribution in [0, 0.1) is 0 Å². The number of hydrogen-bond donors (Lipinski definition) is 2. The van der Waals surface area contributed by atoms with E-state index in [-0.39, 0.29) is 0 Å². The molecular weight excluding hydrogens is 280 g/mol. The van der Waals surface area contributed by atoms with E-state index in [1.54, 1.807) is 11.3 Å². The Morgan fingerprint density at radius 2 is 2.38 bits per heavy atom. The van der Waals surface area contributed by atoms with Crippen molar-refractivity contribution >= 4 is 17.3 Å². The average Bonchev–Trinajstić information content (AvgIpc) is 3.13. The number of hydrogen-bond acceptors (Lipinski definition) is 3. The molecule has 0 spiro atoms. The highest BCUT2D eigenvalue weighted by Crippen LogP contribution is 2.18. The highest BCUT2D eigenvalue weighted by atomic mass is 32.1. The first-order chi connectivity index (χ1) is 10.2. The van der Waals surface area contributed by atoms with Gasteiger partial charge in [0.1, 0.15) is 0 Å². The monoisotopic (exact) mass is 308 g/mol. The van der Waals surface area contributed by atoms with Crippen molar-refractivity contribution in [1.29, 1.82) is 0 Å². The van der Waals surface area contributed by atoms with Crippen molar-refractivity contribution in [2.24, 2.45) is 4.99 Å². The minimum atomic E-state index is 0.473. The molecule has 2 N–H and O–H groups in total. The molecule has 1 saturated heterocycles. The Morgan fingerprint density at radius 3 is 3.00 bits per heavy atom. The van der Waals surface area contributed by atoms with Crippen LogP contribution in [0.5, 0.6) is 0 Å². The molecule has 118 valence electrons. The minimum Gasteiger partial charge on any atom is -0.357 e. The third-order valence-corrected chi connectivity index (χ3v) is 4.86. The summed E-state index contributed by atoms with van der Waals surface area (Å²) in [7, 11) is 2.21. The van der Waals surface area contributed by atoms with E-state index in [4.69, 9.17) is 4.99 Å². The molecule has 1 aromatic rings. The Morgan fingerprint density at radius 1 is 1.52 bits per heavy atom. The van der Waals surface area contributed by atoms with E-state index in [1.807, 2.05) is 0 Å². The van der Waals surface area contributed by atoms with Crippen LogP contribution in [0.25, 0.3) is 0 Å². The normalized spacial score (nSPS) is 21.5. The summed E-state index contributed by atoms with van der Waals surface area (Å²) in [6.07, 6.45) is 2.60. The molecule has 0 amide bonds. The van der Waals surface area contributed by atoms with Crippen molar-refractivity contribution in [3.8, 4) is 0 Å². The Bertz CT molecular complexity index is 429. The molecule has 2 unspecified atom stereocenters. The molecule has 5 heteroatoms. The van der Waals surface area contributed by atoms with Crippen LogP contribution in [0.1, 0.15) is 38.2 Å². The van der Waals surface area contributed by atoms with Crippen LogP contribution in [0.4, 0.5) is 0 Å². The molecule has 1 aliphatic heterocycles. The standard InChI is InChI=1S/C16H28N4S/c1-4-17-16(19-11-15-6-5-8-20(15)3)18-10-13(2)14-7-9-21-12-14/h7,9,12-13,15H,4-6,8,10-11H2,1-3H3,(H2,17,18,19). The SMILES string of the molecule is CCNC(=NCC(C)c1ccsc1)NCC1CCCN1C. The van der Waals surface area contributed by atoms with Crippen LogP contribution >= 0.6 is 11.3 Å². The summed E-state index contributed by atoms with van der Waals surface area (Å²) in [5.41, 5.74) is 1.38. The van der Waals surface area contributed by atoms with Crippen LogP contribution in [0.15, 0.2) is 21.8 Å². The molecule has 1 fully saturated rings. The fourth-order valence-electron chi connectivity index (χ4n) is 2.68. The molecule has 21 heavy (non-hydrogen) atoms. The lowest BCUT2D eigenvalue weighted by Crippen LogP contribution is -2.44. The predicted molar refractivity (Wildman–Crippen MR) is 92.4 cm³/mol. The number of aliphatic imine (C=N–C) groups is 1. The van der Waals surface area contributed by atoms with Crippen molar-refractivity contribution in [2.45, 2.75) is 38.6 Å². The molecule has 4 nitrogen and oxygen atoms in total. The van der Waals surface area contributed by atoms with Gasteiger partial charge in [-0.1, -0.05) is 6.92 Å². The fourth-order valence-corrected chi connectivity index (χ4v) is 3.46. The molecule has 1 aliphatic rings. The maximum Gasteiger partial charge on any atom is 0.191 e. The van der Waals surface area contributed by atoms with Crippen LogP contribution in [0.3, 0.4) is 0 Å². The fraction of sp³-hybridized carbons (Fsp3) is 0.688. The van der Waals surface area contributed by atoms with E-state index in [1.165, 1.54) is 24.9 Å². The van der Waals surface area contributed by atoms with E-state index in [0.29, 0.717) is 12.0 Å². The predicted octanol–water partition coefficient (Wildman–Crippen LogP) is 2.50. The number of rotatable bonds is 6. The number of likely N-dealkylation sites (N-methyl/N-ethyl adjacent to an activating group) is 1. The van der Waals surface area contributed by atoms with Gasteiger partial charge >= 0.3 is 0 Å². The lowest BCUT2D eigenvalue weighted by Gasteiger charge is -2.21. The lowest BCUT2D eigenvalue weighted by atomic mass is 10.1. The highest BCUT2D eigenvalue weighted by molar-refractivity contribution is 7.07. The van der Waals surface area contributed by atoms with Gasteiger partial charge in [0.15, 0.2) is 5.96 Å². The zero-order chi connectivity index (χ0) is 15.1. The number of nitrogens with one attached hydrogen (secondary N) is 2. The smallest absolute Gasteiger partial charge is 0.191 e. The van der Waals surface area contributed by atoms with E-state index in [9.17, 15) is 0 Å². The van der Waals surface area contributed by atoms with Gasteiger partial charge in [0, 0.05) is 31.6 Å². The lowest BCUT2D eigenvalue weighted by molar-refractivity contribution is 0.309. The summed E-state index contributed by atoms with van der Waals surface area (Å²) < 4.78 is 0. The average molecular weight is 308 g/mol. The molecular formula is C16H28N4S. The topological polar surface area (TPSA) is 39.7 Å². The minimum absolute atomic E-state index is 0.473. The Hall–Kier alpha value is -1.07. The van der Waals surface area contributed by atoms with Crippen molar-refractivity contribution in [3.05, 3.63) is 22.4 Å². The second-order valence-electron chi connectivity index (χ2n) is 5.83. The van der Waals surface area contributed by atoms with Crippen LogP contribution < -0.4 is 10.6 Å². The maximum absolute atomic E-state index is 4.74. The number of thiophene rings is 1. The van der Waals surface area contributed by atoms with E-state index >= 15 is 0 Å². The number of likely N-dealkylation sites (tertiary alicyclic amines) is 1. The quantitative estimate of drug-likeness (QED) is 0.626. The van der Waals surface area contributed by atoms with Crippen LogP contribution in [-0.4, -0.2) is 50.1 Å². The first-order valence-electron chi connectivity index (χ1n) is 7.95. The first-order valence-corrected chi connectivity index (χ1v) is 8.89. The zero-order valence-corrected chi connectivity index (χ0v) is 14.2. The summed E-state index contributed by atoms with van der Waals surface area (Å²) >= 11 is 1.75. The molecule has 0 saturated carbocycles. The zero-order valence-electron chi connectivity index (χ0n) is 13.4. The number of guanidine groups is 1. The van der Waals surface area contributed by atoms with Gasteiger partial charge in [0.25, 0.3) is 0 Å². The number of nitrogens with zero attached hydrogens (tertiary/aromatic N) is 2. The Kier molecular flexibility index (Phi) is 6.51. The molecule has 0 bridgehead atoms. The van der Waals surface area contributed by atoms with E-state index < -0.39 is 0 Å². The van der Waals surface area contributed by atoms with Gasteiger partial charge in [-0.25, -0.2) is 0 Å². The highest BCUT2D eigenvalue weighted by Gasteiger charge is 2.20. The first kappa shape index (κ1) is 16.3. The van der Waals surface area contributed by atoms with Gasteiger partial charge in [-0.15, -0.1) is 0 Å². The second kappa shape index (κ2) is 8.39. The van der Waals surface area contributed by atoms with Crippen molar-refractivity contribution in [3.63, 3.8) is 0 Å². The van der Waals surface area contributed by atoms with Crippen molar-refractivity contribution < 1.29 is 0 Å². The Labute approximate surface area is 132 Å². The molecule has 0 radical (unpaired) electrons. The summed E-state index contributed by atoms with van der Waals surface area (Å²) in [5, 5.41) is 11.2. The van der Waals surface area contributed by atoms with Gasteiger partial charge < -0.3 is 15.5 Å². The summed E-state index contributed by atoms with van der Waals surface area (Å²) in [6.45, 7) is 8.27. The maximum atomic E-state index is 4.74. The van der Waals surface area contributed by atoms with Gasteiger partial charge in [-0.2, -0.15) is 11.3 Å². The molecule has 0 aromatic carbocycles. The van der Waals surface area contributed by atoms with Gasteiger partial charge in [-0.05, 0) is 55.7 Å². The van der Waals surface area contributed by atoms with Crippen LogP contribution in [0.2, 0.25) is 0 Å². The second-order valence-corrected chi connectivity index (χ2v) is 6.61.